The van der Waals surface area contributed by atoms with Gasteiger partial charge in [-0.3, -0.25) is 19.6 Å². The van der Waals surface area contributed by atoms with E-state index in [-0.39, 0.29) is 17.2 Å². The summed E-state index contributed by atoms with van der Waals surface area (Å²) in [4.78, 5) is 22.1. The predicted molar refractivity (Wildman–Crippen MR) is 51.6 cm³/mol. The Kier molecular flexibility index (Phi) is 1.89. The van der Waals surface area contributed by atoms with Crippen LogP contribution in [0, 0.1) is 15.5 Å². The smallest absolute Gasteiger partial charge is 0.292 e. The Labute approximate surface area is 86.0 Å². The summed E-state index contributed by atoms with van der Waals surface area (Å²) >= 11 is 0. The van der Waals surface area contributed by atoms with Crippen molar-refractivity contribution in [1.82, 2.24) is 9.78 Å². The third-order valence-corrected chi connectivity index (χ3v) is 2.80. The van der Waals surface area contributed by atoms with E-state index in [4.69, 9.17) is 0 Å². The Bertz CT molecular complexity index is 447. The lowest BCUT2D eigenvalue weighted by Crippen LogP contribution is -2.34. The van der Waals surface area contributed by atoms with E-state index in [1.807, 2.05) is 0 Å². The molecule has 1 aliphatic heterocycles. The number of hydrogen-bond acceptors (Lipinski definition) is 4. The molecule has 1 aromatic heterocycles. The molecule has 6 heteroatoms. The molecule has 6 nitrogen and oxygen atoms in total. The molecule has 0 bridgehead atoms. The van der Waals surface area contributed by atoms with Gasteiger partial charge in [-0.25, -0.2) is 0 Å². The normalized spacial score (nSPS) is 18.7. The fourth-order valence-electron chi connectivity index (χ4n) is 1.73. The van der Waals surface area contributed by atoms with Gasteiger partial charge in [0.2, 0.25) is 0 Å². The van der Waals surface area contributed by atoms with Crippen LogP contribution in [-0.2, 0) is 6.54 Å². The Morgan fingerprint density at radius 1 is 1.60 bits per heavy atom. The quantitative estimate of drug-likeness (QED) is 0.517. The van der Waals surface area contributed by atoms with Crippen molar-refractivity contribution in [2.24, 2.45) is 5.41 Å². The van der Waals surface area contributed by atoms with Crippen LogP contribution < -0.4 is 0 Å². The highest BCUT2D eigenvalue weighted by atomic mass is 16.6. The Hall–Kier alpha value is -1.72. The molecule has 0 aromatic carbocycles. The largest absolute Gasteiger partial charge is 0.318 e. The van der Waals surface area contributed by atoms with Crippen molar-refractivity contribution in [2.45, 2.75) is 26.8 Å². The summed E-state index contributed by atoms with van der Waals surface area (Å²) in [5.41, 5.74) is -0.579. The number of aromatic nitrogens is 2. The third kappa shape index (κ3) is 1.33. The zero-order valence-electron chi connectivity index (χ0n) is 8.56. The summed E-state index contributed by atoms with van der Waals surface area (Å²) in [6.07, 6.45) is 1.81. The molecule has 0 spiro atoms. The van der Waals surface area contributed by atoms with Gasteiger partial charge >= 0.3 is 5.69 Å². The molecule has 0 fully saturated rings. The van der Waals surface area contributed by atoms with Crippen LogP contribution in [0.5, 0.6) is 0 Å². The molecule has 0 amide bonds. The van der Waals surface area contributed by atoms with Gasteiger partial charge in [0.25, 0.3) is 0 Å². The van der Waals surface area contributed by atoms with Crippen molar-refractivity contribution < 1.29 is 9.72 Å². The molecule has 0 saturated carbocycles. The highest BCUT2D eigenvalue weighted by Crippen LogP contribution is 2.34. The third-order valence-electron chi connectivity index (χ3n) is 2.80. The molecule has 0 aliphatic carbocycles. The average molecular weight is 209 g/mol. The van der Waals surface area contributed by atoms with E-state index in [1.54, 1.807) is 13.8 Å². The summed E-state index contributed by atoms with van der Waals surface area (Å²) in [6, 6.07) is 0. The fourth-order valence-corrected chi connectivity index (χ4v) is 1.73. The molecule has 0 saturated heterocycles. The summed E-state index contributed by atoms with van der Waals surface area (Å²) in [5.74, 6) is -0.196. The van der Waals surface area contributed by atoms with Crippen LogP contribution in [-0.4, -0.2) is 20.5 Å². The number of nitro groups is 1. The molecule has 0 N–H and O–H groups in total. The van der Waals surface area contributed by atoms with Crippen molar-refractivity contribution in [3.05, 3.63) is 22.0 Å². The van der Waals surface area contributed by atoms with Gasteiger partial charge in [-0.15, -0.1) is 0 Å². The Morgan fingerprint density at radius 2 is 2.27 bits per heavy atom. The number of rotatable bonds is 1. The highest BCUT2D eigenvalue weighted by molar-refractivity contribution is 6.02. The molecule has 15 heavy (non-hydrogen) atoms. The van der Waals surface area contributed by atoms with Crippen LogP contribution >= 0.6 is 0 Å². The van der Waals surface area contributed by atoms with Crippen molar-refractivity contribution in [2.75, 3.05) is 0 Å². The van der Waals surface area contributed by atoms with Gasteiger partial charge < -0.3 is 0 Å². The van der Waals surface area contributed by atoms with Crippen LogP contribution in [0.15, 0.2) is 6.20 Å². The molecule has 2 heterocycles. The van der Waals surface area contributed by atoms with E-state index in [0.29, 0.717) is 13.0 Å². The van der Waals surface area contributed by atoms with E-state index in [9.17, 15) is 14.9 Å². The maximum absolute atomic E-state index is 12.0. The molecule has 0 unspecified atom stereocenters. The van der Waals surface area contributed by atoms with Crippen molar-refractivity contribution in [3.63, 3.8) is 0 Å². The Morgan fingerprint density at radius 3 is 2.87 bits per heavy atom. The van der Waals surface area contributed by atoms with E-state index in [1.165, 1.54) is 4.68 Å². The highest BCUT2D eigenvalue weighted by Gasteiger charge is 2.40. The van der Waals surface area contributed by atoms with E-state index >= 15 is 0 Å². The second-order valence-corrected chi connectivity index (χ2v) is 4.32. The minimum Gasteiger partial charge on any atom is -0.292 e. The lowest BCUT2D eigenvalue weighted by molar-refractivity contribution is -0.385. The number of fused-ring (bicyclic) bond motifs is 1. The first kappa shape index (κ1) is 9.82. The van der Waals surface area contributed by atoms with Gasteiger partial charge in [0, 0.05) is 12.0 Å². The van der Waals surface area contributed by atoms with Gasteiger partial charge in [0.15, 0.2) is 11.5 Å². The van der Waals surface area contributed by atoms with Gasteiger partial charge in [-0.2, -0.15) is 5.10 Å². The number of nitrogens with zero attached hydrogens (tertiary/aromatic N) is 3. The first-order chi connectivity index (χ1) is 6.93. The minimum atomic E-state index is -0.557. The fraction of sp³-hybridized carbons (Fsp3) is 0.556. The second-order valence-electron chi connectivity index (χ2n) is 4.32. The van der Waals surface area contributed by atoms with Gasteiger partial charge in [0.1, 0.15) is 6.20 Å². The lowest BCUT2D eigenvalue weighted by Gasteiger charge is -2.27. The summed E-state index contributed by atoms with van der Waals surface area (Å²) in [6.45, 7) is 4.16. The van der Waals surface area contributed by atoms with Crippen LogP contribution in [0.2, 0.25) is 0 Å². The van der Waals surface area contributed by atoms with Crippen molar-refractivity contribution in [1.29, 1.82) is 0 Å². The molecular formula is C9H11N3O3. The Balaban J connectivity index is 2.58. The van der Waals surface area contributed by atoms with Crippen LogP contribution in [0.25, 0.3) is 0 Å². The first-order valence-electron chi connectivity index (χ1n) is 4.68. The molecule has 0 atom stereocenters. The molecule has 1 aromatic rings. The zero-order chi connectivity index (χ0) is 11.2. The number of hydrogen-bond donors (Lipinski definition) is 0. The topological polar surface area (TPSA) is 78.0 Å². The number of Topliss-reactive ketones (excluding diaryl/α,β-unsaturated/α-hetero) is 1. The lowest BCUT2D eigenvalue weighted by atomic mass is 9.80. The standard InChI is InChI=1S/C9H11N3O3/c1-9(2)3-4-11-7(8(9)13)6(5-10-11)12(14)15/h5H,3-4H2,1-2H3. The van der Waals surface area contributed by atoms with Crippen molar-refractivity contribution in [3.8, 4) is 0 Å². The zero-order valence-corrected chi connectivity index (χ0v) is 8.56. The van der Waals surface area contributed by atoms with Crippen LogP contribution in [0.1, 0.15) is 30.8 Å². The number of carbonyl (C=O) groups is 1. The van der Waals surface area contributed by atoms with Gasteiger partial charge in [-0.1, -0.05) is 13.8 Å². The summed E-state index contributed by atoms with van der Waals surface area (Å²) in [5, 5.41) is 14.5. The number of carbonyl (C=O) groups excluding carboxylic acids is 1. The molecule has 80 valence electrons. The second kappa shape index (κ2) is 2.88. The SMILES string of the molecule is CC1(C)CCn2ncc([N+](=O)[O-])c2C1=O. The molecule has 1 aliphatic rings. The van der Waals surface area contributed by atoms with E-state index in [0.717, 1.165) is 6.20 Å². The minimum absolute atomic E-state index is 0.135. The first-order valence-corrected chi connectivity index (χ1v) is 4.68. The molecule has 2 rings (SSSR count). The van der Waals surface area contributed by atoms with Gasteiger partial charge in [-0.05, 0) is 6.42 Å². The summed E-state index contributed by atoms with van der Waals surface area (Å²) in [7, 11) is 0. The molecular weight excluding hydrogens is 198 g/mol. The van der Waals surface area contributed by atoms with Gasteiger partial charge in [0.05, 0.1) is 4.92 Å². The van der Waals surface area contributed by atoms with E-state index in [2.05, 4.69) is 5.10 Å². The maximum Gasteiger partial charge on any atom is 0.318 e. The average Bonchev–Trinajstić information content (AvgIpc) is 2.55. The monoisotopic (exact) mass is 209 g/mol. The number of ketones is 1. The summed E-state index contributed by atoms with van der Waals surface area (Å²) < 4.78 is 1.42. The van der Waals surface area contributed by atoms with Crippen LogP contribution in [0.4, 0.5) is 5.69 Å². The maximum atomic E-state index is 12.0. The van der Waals surface area contributed by atoms with E-state index < -0.39 is 10.3 Å². The van der Waals surface area contributed by atoms with Crippen LogP contribution in [0.3, 0.4) is 0 Å². The number of aryl methyl sites for hydroxylation is 1. The van der Waals surface area contributed by atoms with Crippen molar-refractivity contribution >= 4 is 11.5 Å². The predicted octanol–water partition coefficient (Wildman–Crippen LogP) is 1.40. The molecule has 0 radical (unpaired) electrons.